The van der Waals surface area contributed by atoms with Crippen LogP contribution in [-0.4, -0.2) is 37.4 Å². The predicted octanol–water partition coefficient (Wildman–Crippen LogP) is 0.603. The minimum Gasteiger partial charge on any atom is -0.477 e. The van der Waals surface area contributed by atoms with Gasteiger partial charge in [-0.25, -0.2) is 4.79 Å². The van der Waals surface area contributed by atoms with E-state index in [1.807, 2.05) is 0 Å². The molecule has 2 aliphatic heterocycles. The average molecular weight is 265 g/mol. The number of fused-ring (bicyclic) bond motifs is 1. The van der Waals surface area contributed by atoms with E-state index in [9.17, 15) is 9.59 Å². The molecule has 2 aliphatic rings. The van der Waals surface area contributed by atoms with Gasteiger partial charge in [0.25, 0.3) is 5.91 Å². The lowest BCUT2D eigenvalue weighted by atomic mass is 10.0. The monoisotopic (exact) mass is 265 g/mol. The molecule has 0 radical (unpaired) electrons. The molecule has 18 heavy (non-hydrogen) atoms. The van der Waals surface area contributed by atoms with Crippen LogP contribution in [0.2, 0.25) is 0 Å². The summed E-state index contributed by atoms with van der Waals surface area (Å²) < 4.78 is 4.80. The van der Waals surface area contributed by atoms with E-state index in [-0.39, 0.29) is 17.0 Å². The number of thioether (sulfide) groups is 1. The molecule has 0 bridgehead atoms. The zero-order chi connectivity index (χ0) is 12.9. The zero-order valence-corrected chi connectivity index (χ0v) is 9.97. The molecule has 1 fully saturated rings. The lowest BCUT2D eigenvalue weighted by Gasteiger charge is -2.36. The lowest BCUT2D eigenvalue weighted by molar-refractivity contribution is -0.141. The van der Waals surface area contributed by atoms with Crippen molar-refractivity contribution in [1.29, 1.82) is 0 Å². The molecule has 1 aromatic rings. The second-order valence-corrected chi connectivity index (χ2v) is 4.70. The maximum Gasteiger partial charge on any atom is 0.353 e. The smallest absolute Gasteiger partial charge is 0.353 e. The third kappa shape index (κ3) is 1.46. The summed E-state index contributed by atoms with van der Waals surface area (Å²) >= 11 is 1.27. The minimum absolute atomic E-state index is 0.0106. The van der Waals surface area contributed by atoms with Gasteiger partial charge in [-0.1, -0.05) is 5.16 Å². The Labute approximate surface area is 105 Å². The van der Waals surface area contributed by atoms with Crippen LogP contribution in [0.1, 0.15) is 11.7 Å². The first-order valence-corrected chi connectivity index (χ1v) is 5.96. The SMILES string of the molecule is Cc1nc(/C=C2/C(=O)N3C(C(=O)O)=CS[C@H]23)no1. The number of carboxylic acid groups (broad SMARTS) is 1. The zero-order valence-electron chi connectivity index (χ0n) is 9.15. The van der Waals surface area contributed by atoms with Crippen LogP contribution >= 0.6 is 11.8 Å². The highest BCUT2D eigenvalue weighted by Crippen LogP contribution is 2.44. The van der Waals surface area contributed by atoms with Gasteiger partial charge in [0.05, 0.1) is 5.57 Å². The van der Waals surface area contributed by atoms with Crippen molar-refractivity contribution in [3.63, 3.8) is 0 Å². The van der Waals surface area contributed by atoms with Gasteiger partial charge < -0.3 is 9.63 Å². The molecule has 0 unspecified atom stereocenters. The Morgan fingerprint density at radius 1 is 1.67 bits per heavy atom. The molecule has 8 heteroatoms. The maximum atomic E-state index is 11.8. The van der Waals surface area contributed by atoms with Gasteiger partial charge in [0.15, 0.2) is 5.82 Å². The Hall–Kier alpha value is -2.09. The maximum absolute atomic E-state index is 11.8. The first-order chi connectivity index (χ1) is 8.58. The summed E-state index contributed by atoms with van der Waals surface area (Å²) in [5, 5.41) is 13.7. The molecule has 1 saturated heterocycles. The molecule has 1 atom stereocenters. The molecule has 0 aliphatic carbocycles. The van der Waals surface area contributed by atoms with Crippen LogP contribution in [0, 0.1) is 6.92 Å². The van der Waals surface area contributed by atoms with Crippen molar-refractivity contribution in [2.24, 2.45) is 0 Å². The Kier molecular flexibility index (Phi) is 2.27. The highest BCUT2D eigenvalue weighted by atomic mass is 32.2. The van der Waals surface area contributed by atoms with Crippen LogP contribution in [0.3, 0.4) is 0 Å². The van der Waals surface area contributed by atoms with Crippen molar-refractivity contribution in [3.05, 3.63) is 28.4 Å². The van der Waals surface area contributed by atoms with Gasteiger partial charge in [-0.15, -0.1) is 11.8 Å². The molecule has 3 rings (SSSR count). The third-order valence-corrected chi connectivity index (χ3v) is 3.66. The van der Waals surface area contributed by atoms with E-state index in [4.69, 9.17) is 9.63 Å². The second-order valence-electron chi connectivity index (χ2n) is 3.74. The molecule has 1 aromatic heterocycles. The normalized spacial score (nSPS) is 23.9. The molecular formula is C10H7N3O4S. The van der Waals surface area contributed by atoms with Crippen molar-refractivity contribution < 1.29 is 19.2 Å². The molecule has 0 aromatic carbocycles. The van der Waals surface area contributed by atoms with Gasteiger partial charge in [-0.2, -0.15) is 4.98 Å². The molecule has 92 valence electrons. The van der Waals surface area contributed by atoms with Gasteiger partial charge in [0, 0.05) is 12.3 Å². The lowest BCUT2D eigenvalue weighted by Crippen LogP contribution is -2.51. The Balaban J connectivity index is 1.86. The van der Waals surface area contributed by atoms with Crippen LogP contribution in [-0.2, 0) is 9.59 Å². The number of carbonyl (C=O) groups is 2. The summed E-state index contributed by atoms with van der Waals surface area (Å²) in [5.74, 6) is -0.706. The fraction of sp³-hybridized carbons (Fsp3) is 0.200. The van der Waals surface area contributed by atoms with Crippen LogP contribution in [0.5, 0.6) is 0 Å². The summed E-state index contributed by atoms with van der Waals surface area (Å²) in [6.07, 6.45) is 1.52. The highest BCUT2D eigenvalue weighted by molar-refractivity contribution is 8.03. The van der Waals surface area contributed by atoms with Crippen molar-refractivity contribution in [2.75, 3.05) is 0 Å². The number of amides is 1. The van der Waals surface area contributed by atoms with Gasteiger partial charge in [0.2, 0.25) is 5.89 Å². The third-order valence-electron chi connectivity index (χ3n) is 2.58. The van der Waals surface area contributed by atoms with Gasteiger partial charge in [-0.3, -0.25) is 9.69 Å². The van der Waals surface area contributed by atoms with Crippen molar-refractivity contribution >= 4 is 29.7 Å². The first-order valence-electron chi connectivity index (χ1n) is 5.02. The fourth-order valence-electron chi connectivity index (χ4n) is 1.78. The molecule has 3 heterocycles. The van der Waals surface area contributed by atoms with Crippen molar-refractivity contribution in [2.45, 2.75) is 12.3 Å². The van der Waals surface area contributed by atoms with E-state index in [0.717, 1.165) is 0 Å². The molecule has 0 saturated carbocycles. The summed E-state index contributed by atoms with van der Waals surface area (Å²) in [6.45, 7) is 1.65. The van der Waals surface area contributed by atoms with E-state index < -0.39 is 5.97 Å². The van der Waals surface area contributed by atoms with E-state index in [1.165, 1.54) is 28.1 Å². The first kappa shape index (κ1) is 11.0. The number of hydrogen-bond donors (Lipinski definition) is 1. The highest BCUT2D eigenvalue weighted by Gasteiger charge is 2.49. The topological polar surface area (TPSA) is 96.5 Å². The largest absolute Gasteiger partial charge is 0.477 e. The average Bonchev–Trinajstić information content (AvgIpc) is 2.89. The van der Waals surface area contributed by atoms with Gasteiger partial charge in [-0.05, 0) is 6.08 Å². The standard InChI is InChI=1S/C10H7N3O4S/c1-4-11-7(12-17-4)2-5-8(14)13-6(10(15)16)3-18-9(5)13/h2-3,9H,1H3,(H,15,16)/b5-2-/t9-/m1/s1. The predicted molar refractivity (Wildman–Crippen MR) is 61.0 cm³/mol. The van der Waals surface area contributed by atoms with Gasteiger partial charge >= 0.3 is 5.97 Å². The second kappa shape index (κ2) is 3.70. The van der Waals surface area contributed by atoms with Crippen LogP contribution < -0.4 is 0 Å². The van der Waals surface area contributed by atoms with Crippen molar-refractivity contribution in [1.82, 2.24) is 15.0 Å². The van der Waals surface area contributed by atoms with Crippen molar-refractivity contribution in [3.8, 4) is 0 Å². The minimum atomic E-state index is -1.10. The summed E-state index contributed by atoms with van der Waals surface area (Å²) in [4.78, 5) is 27.9. The Morgan fingerprint density at radius 3 is 3.06 bits per heavy atom. The van der Waals surface area contributed by atoms with E-state index in [0.29, 0.717) is 17.3 Å². The molecule has 0 spiro atoms. The quantitative estimate of drug-likeness (QED) is 0.617. The number of aromatic nitrogens is 2. The van der Waals surface area contributed by atoms with Crippen LogP contribution in [0.15, 0.2) is 21.2 Å². The fourth-order valence-corrected chi connectivity index (χ4v) is 2.90. The molecule has 1 amide bonds. The number of β-lactam (4-membered cyclic amide) rings is 1. The van der Waals surface area contributed by atoms with Crippen LogP contribution in [0.4, 0.5) is 0 Å². The van der Waals surface area contributed by atoms with Gasteiger partial charge in [0.1, 0.15) is 11.1 Å². The molecule has 7 nitrogen and oxygen atoms in total. The van der Waals surface area contributed by atoms with E-state index >= 15 is 0 Å². The summed E-state index contributed by atoms with van der Waals surface area (Å²) in [6, 6.07) is 0. The number of nitrogens with zero attached hydrogens (tertiary/aromatic N) is 3. The Morgan fingerprint density at radius 2 is 2.44 bits per heavy atom. The number of hydrogen-bond acceptors (Lipinski definition) is 6. The van der Waals surface area contributed by atoms with E-state index in [2.05, 4.69) is 10.1 Å². The van der Waals surface area contributed by atoms with Crippen LogP contribution in [0.25, 0.3) is 6.08 Å². The molecular weight excluding hydrogens is 258 g/mol. The number of carboxylic acids is 1. The number of aryl methyl sites for hydroxylation is 1. The molecule has 1 N–H and O–H groups in total. The summed E-state index contributed by atoms with van der Waals surface area (Å²) in [7, 11) is 0. The van der Waals surface area contributed by atoms with E-state index in [1.54, 1.807) is 6.92 Å². The number of rotatable bonds is 2. The Bertz CT molecular complexity index is 618. The summed E-state index contributed by atoms with van der Waals surface area (Å²) in [5.41, 5.74) is 0.491. The number of carbonyl (C=O) groups excluding carboxylic acids is 1. The number of aliphatic carboxylic acids is 1.